The zero-order valence-electron chi connectivity index (χ0n) is 5.38. The molecule has 0 fully saturated rings. The molecule has 2 nitrogen and oxygen atoms in total. The fraction of sp³-hybridized carbons (Fsp3) is 0.333. The Bertz CT molecular complexity index is 211. The van der Waals surface area contributed by atoms with Crippen molar-refractivity contribution in [2.24, 2.45) is 11.5 Å². The summed E-state index contributed by atoms with van der Waals surface area (Å²) in [5, 5.41) is 0. The van der Waals surface area contributed by atoms with E-state index in [4.69, 9.17) is 11.5 Å². The van der Waals surface area contributed by atoms with Gasteiger partial charge in [-0.25, -0.2) is 0 Å². The molecule has 0 bridgehead atoms. The van der Waals surface area contributed by atoms with Crippen molar-refractivity contribution in [1.82, 2.24) is 0 Å². The van der Waals surface area contributed by atoms with E-state index in [-0.39, 0.29) is 6.04 Å². The first-order valence-electron chi connectivity index (χ1n) is 2.95. The summed E-state index contributed by atoms with van der Waals surface area (Å²) in [5.74, 6) is 0. The Morgan fingerprint density at radius 1 is 1.60 bits per heavy atom. The second kappa shape index (κ2) is 3.48. The van der Waals surface area contributed by atoms with Crippen molar-refractivity contribution in [3.63, 3.8) is 0 Å². The fourth-order valence-corrected chi connectivity index (χ4v) is 2.08. The zero-order chi connectivity index (χ0) is 7.56. The van der Waals surface area contributed by atoms with Crippen LogP contribution in [0.2, 0.25) is 0 Å². The average Bonchev–Trinajstić information content (AvgIpc) is 2.34. The van der Waals surface area contributed by atoms with Crippen LogP contribution >= 0.6 is 27.3 Å². The summed E-state index contributed by atoms with van der Waals surface area (Å²) in [4.78, 5) is 1.13. The van der Waals surface area contributed by atoms with E-state index < -0.39 is 0 Å². The molecule has 1 aromatic rings. The van der Waals surface area contributed by atoms with Crippen LogP contribution in [0.15, 0.2) is 15.9 Å². The minimum Gasteiger partial charge on any atom is -0.329 e. The van der Waals surface area contributed by atoms with Crippen molar-refractivity contribution < 1.29 is 0 Å². The van der Waals surface area contributed by atoms with E-state index in [0.29, 0.717) is 6.54 Å². The molecule has 56 valence electrons. The van der Waals surface area contributed by atoms with E-state index in [2.05, 4.69) is 15.9 Å². The summed E-state index contributed by atoms with van der Waals surface area (Å²) in [7, 11) is 0. The standard InChI is InChI=1S/C6H9BrN2S/c7-6-2-1-5(10-6)4(9)3-8/h1-2,4H,3,8-9H2/t4-/m0/s1. The third-order valence-corrected chi connectivity index (χ3v) is 2.97. The Balaban J connectivity index is 2.74. The van der Waals surface area contributed by atoms with Crippen LogP contribution in [-0.2, 0) is 0 Å². The predicted molar refractivity (Wildman–Crippen MR) is 48.0 cm³/mol. The van der Waals surface area contributed by atoms with Crippen molar-refractivity contribution in [1.29, 1.82) is 0 Å². The SMILES string of the molecule is NC[C@H](N)c1ccc(Br)s1. The Hall–Kier alpha value is 0.1000. The average molecular weight is 221 g/mol. The highest BCUT2D eigenvalue weighted by Crippen LogP contribution is 2.25. The Morgan fingerprint density at radius 3 is 2.70 bits per heavy atom. The largest absolute Gasteiger partial charge is 0.329 e. The van der Waals surface area contributed by atoms with E-state index in [1.54, 1.807) is 11.3 Å². The van der Waals surface area contributed by atoms with E-state index >= 15 is 0 Å². The molecular weight excluding hydrogens is 212 g/mol. The molecule has 0 saturated carbocycles. The first kappa shape index (κ1) is 8.20. The van der Waals surface area contributed by atoms with Crippen LogP contribution in [0.4, 0.5) is 0 Å². The number of rotatable bonds is 2. The molecule has 1 aromatic heterocycles. The van der Waals surface area contributed by atoms with Gasteiger partial charge in [0.1, 0.15) is 0 Å². The van der Waals surface area contributed by atoms with Crippen LogP contribution in [0.3, 0.4) is 0 Å². The van der Waals surface area contributed by atoms with Gasteiger partial charge in [-0.05, 0) is 28.1 Å². The third-order valence-electron chi connectivity index (χ3n) is 1.21. The van der Waals surface area contributed by atoms with Gasteiger partial charge >= 0.3 is 0 Å². The molecule has 0 aliphatic carbocycles. The Labute approximate surface area is 72.3 Å². The van der Waals surface area contributed by atoms with E-state index in [0.717, 1.165) is 8.66 Å². The number of thiophene rings is 1. The highest BCUT2D eigenvalue weighted by Gasteiger charge is 2.04. The van der Waals surface area contributed by atoms with Crippen LogP contribution in [-0.4, -0.2) is 6.54 Å². The monoisotopic (exact) mass is 220 g/mol. The number of nitrogens with two attached hydrogens (primary N) is 2. The summed E-state index contributed by atoms with van der Waals surface area (Å²) < 4.78 is 1.10. The van der Waals surface area contributed by atoms with Gasteiger partial charge in [0.25, 0.3) is 0 Å². The summed E-state index contributed by atoms with van der Waals surface area (Å²) in [6.07, 6.45) is 0. The van der Waals surface area contributed by atoms with E-state index in [9.17, 15) is 0 Å². The van der Waals surface area contributed by atoms with E-state index in [1.807, 2.05) is 12.1 Å². The molecule has 4 heteroatoms. The van der Waals surface area contributed by atoms with Crippen molar-refractivity contribution in [3.8, 4) is 0 Å². The van der Waals surface area contributed by atoms with Gasteiger partial charge in [-0.1, -0.05) is 0 Å². The molecule has 10 heavy (non-hydrogen) atoms. The molecule has 0 aliphatic rings. The van der Waals surface area contributed by atoms with Crippen molar-refractivity contribution in [2.45, 2.75) is 6.04 Å². The van der Waals surface area contributed by atoms with Crippen LogP contribution in [0.25, 0.3) is 0 Å². The minimum atomic E-state index is -0.00343. The Kier molecular flexibility index (Phi) is 2.85. The molecular formula is C6H9BrN2S. The maximum Gasteiger partial charge on any atom is 0.0701 e. The lowest BCUT2D eigenvalue weighted by atomic mass is 10.3. The van der Waals surface area contributed by atoms with Crippen molar-refractivity contribution in [2.75, 3.05) is 6.54 Å². The highest BCUT2D eigenvalue weighted by atomic mass is 79.9. The highest BCUT2D eigenvalue weighted by molar-refractivity contribution is 9.11. The summed E-state index contributed by atoms with van der Waals surface area (Å²) in [6, 6.07) is 3.97. The first-order valence-corrected chi connectivity index (χ1v) is 4.56. The second-order valence-electron chi connectivity index (χ2n) is 1.98. The van der Waals surface area contributed by atoms with Gasteiger partial charge in [0, 0.05) is 11.4 Å². The van der Waals surface area contributed by atoms with E-state index in [1.165, 1.54) is 0 Å². The topological polar surface area (TPSA) is 52.0 Å². The van der Waals surface area contributed by atoms with Gasteiger partial charge in [0.15, 0.2) is 0 Å². The maximum atomic E-state index is 5.67. The molecule has 1 atom stereocenters. The lowest BCUT2D eigenvalue weighted by Gasteiger charge is -2.02. The van der Waals surface area contributed by atoms with Gasteiger partial charge in [0.2, 0.25) is 0 Å². The van der Waals surface area contributed by atoms with Gasteiger partial charge in [0.05, 0.1) is 9.83 Å². The van der Waals surface area contributed by atoms with Crippen molar-refractivity contribution in [3.05, 3.63) is 20.8 Å². The Morgan fingerprint density at radius 2 is 2.30 bits per heavy atom. The molecule has 4 N–H and O–H groups in total. The van der Waals surface area contributed by atoms with Crippen LogP contribution in [0.5, 0.6) is 0 Å². The molecule has 0 spiro atoms. The molecule has 0 aliphatic heterocycles. The zero-order valence-corrected chi connectivity index (χ0v) is 7.78. The lowest BCUT2D eigenvalue weighted by molar-refractivity contribution is 0.752. The quantitative estimate of drug-likeness (QED) is 0.794. The number of hydrogen-bond donors (Lipinski definition) is 2. The molecule has 0 amide bonds. The van der Waals surface area contributed by atoms with Crippen LogP contribution in [0.1, 0.15) is 10.9 Å². The molecule has 0 radical (unpaired) electrons. The first-order chi connectivity index (χ1) is 4.74. The number of hydrogen-bond acceptors (Lipinski definition) is 3. The molecule has 0 unspecified atom stereocenters. The normalized spacial score (nSPS) is 13.5. The van der Waals surface area contributed by atoms with Gasteiger partial charge < -0.3 is 11.5 Å². The molecule has 0 saturated heterocycles. The molecule has 1 rings (SSSR count). The van der Waals surface area contributed by atoms with Gasteiger partial charge in [-0.2, -0.15) is 0 Å². The second-order valence-corrected chi connectivity index (χ2v) is 4.48. The number of halogens is 1. The maximum absolute atomic E-state index is 5.67. The molecule has 1 heterocycles. The lowest BCUT2D eigenvalue weighted by Crippen LogP contribution is -2.19. The summed E-state index contributed by atoms with van der Waals surface area (Å²) >= 11 is 4.98. The van der Waals surface area contributed by atoms with Crippen LogP contribution < -0.4 is 11.5 Å². The molecule has 0 aromatic carbocycles. The fourth-order valence-electron chi connectivity index (χ4n) is 0.644. The van der Waals surface area contributed by atoms with Gasteiger partial charge in [-0.3, -0.25) is 0 Å². The third kappa shape index (κ3) is 1.79. The van der Waals surface area contributed by atoms with Crippen LogP contribution in [0, 0.1) is 0 Å². The summed E-state index contributed by atoms with van der Waals surface area (Å²) in [6.45, 7) is 0.507. The minimum absolute atomic E-state index is 0.00343. The van der Waals surface area contributed by atoms with Crippen molar-refractivity contribution >= 4 is 27.3 Å². The predicted octanol–water partition coefficient (Wildman–Crippen LogP) is 1.47. The van der Waals surface area contributed by atoms with Gasteiger partial charge in [-0.15, -0.1) is 11.3 Å². The smallest absolute Gasteiger partial charge is 0.0701 e. The summed E-state index contributed by atoms with van der Waals surface area (Å²) in [5.41, 5.74) is 11.1.